The van der Waals surface area contributed by atoms with Gasteiger partial charge in [0.15, 0.2) is 0 Å². The van der Waals surface area contributed by atoms with Crippen molar-refractivity contribution in [3.8, 4) is 11.8 Å². The van der Waals surface area contributed by atoms with E-state index in [0.717, 1.165) is 37.8 Å². The molecule has 1 saturated carbocycles. The molecule has 0 radical (unpaired) electrons. The van der Waals surface area contributed by atoms with Gasteiger partial charge < -0.3 is 10.5 Å². The summed E-state index contributed by atoms with van der Waals surface area (Å²) in [6.07, 6.45) is -0.758. The molecule has 20 heavy (non-hydrogen) atoms. The van der Waals surface area contributed by atoms with Crippen LogP contribution in [0.1, 0.15) is 36.8 Å². The molecule has 0 heterocycles. The number of nitrogens with two attached hydrogens (primary N) is 1. The van der Waals surface area contributed by atoms with Crippen LogP contribution < -0.4 is 10.5 Å². The van der Waals surface area contributed by atoms with Crippen LogP contribution in [0.5, 0.6) is 5.75 Å². The first-order valence-corrected chi connectivity index (χ1v) is 6.37. The molecule has 0 unspecified atom stereocenters. The third-order valence-electron chi connectivity index (χ3n) is 3.54. The minimum atomic E-state index is -4.47. The van der Waals surface area contributed by atoms with Crippen molar-refractivity contribution in [2.75, 3.05) is 6.61 Å². The lowest BCUT2D eigenvalue weighted by atomic mass is 10.0. The van der Waals surface area contributed by atoms with Crippen molar-refractivity contribution in [1.82, 2.24) is 0 Å². The lowest BCUT2D eigenvalue weighted by Gasteiger charge is -2.24. The van der Waals surface area contributed by atoms with E-state index in [4.69, 9.17) is 15.7 Å². The molecule has 0 spiro atoms. The summed E-state index contributed by atoms with van der Waals surface area (Å²) < 4.78 is 43.1. The average molecular weight is 284 g/mol. The van der Waals surface area contributed by atoms with Gasteiger partial charge >= 0.3 is 6.18 Å². The van der Waals surface area contributed by atoms with Crippen molar-refractivity contribution in [3.63, 3.8) is 0 Å². The second-order valence-electron chi connectivity index (χ2n) is 5.18. The number of nitriles is 1. The first-order valence-electron chi connectivity index (χ1n) is 6.37. The summed E-state index contributed by atoms with van der Waals surface area (Å²) in [6, 6.07) is 4.62. The van der Waals surface area contributed by atoms with E-state index in [1.54, 1.807) is 6.07 Å². The van der Waals surface area contributed by atoms with Crippen LogP contribution >= 0.6 is 0 Å². The molecular formula is C14H15F3N2O. The van der Waals surface area contributed by atoms with Gasteiger partial charge in [-0.3, -0.25) is 0 Å². The highest BCUT2D eigenvalue weighted by Gasteiger charge is 2.32. The molecular weight excluding hydrogens is 269 g/mol. The van der Waals surface area contributed by atoms with Crippen LogP contribution in [0.4, 0.5) is 13.2 Å². The Morgan fingerprint density at radius 1 is 1.30 bits per heavy atom. The fraction of sp³-hybridized carbons (Fsp3) is 0.500. The summed E-state index contributed by atoms with van der Waals surface area (Å²) in [6.45, 7) is 0.215. The second-order valence-corrected chi connectivity index (χ2v) is 5.18. The highest BCUT2D eigenvalue weighted by molar-refractivity contribution is 5.46. The van der Waals surface area contributed by atoms with Crippen LogP contribution in [0.25, 0.3) is 0 Å². The number of rotatable bonds is 3. The maximum Gasteiger partial charge on any atom is 0.416 e. The topological polar surface area (TPSA) is 59.0 Å². The van der Waals surface area contributed by atoms with E-state index in [-0.39, 0.29) is 17.9 Å². The molecule has 1 fully saturated rings. The highest BCUT2D eigenvalue weighted by atomic mass is 19.4. The van der Waals surface area contributed by atoms with Gasteiger partial charge in [0.1, 0.15) is 18.4 Å². The molecule has 108 valence electrons. The number of benzene rings is 1. The van der Waals surface area contributed by atoms with Crippen LogP contribution in [-0.4, -0.2) is 12.1 Å². The lowest BCUT2D eigenvalue weighted by molar-refractivity contribution is -0.137. The van der Waals surface area contributed by atoms with E-state index < -0.39 is 17.3 Å². The van der Waals surface area contributed by atoms with Crippen molar-refractivity contribution in [2.45, 2.75) is 37.4 Å². The number of hydrogen-bond donors (Lipinski definition) is 1. The summed E-state index contributed by atoms with van der Waals surface area (Å²) in [5.74, 6) is 0.150. The van der Waals surface area contributed by atoms with Crippen LogP contribution in [0.3, 0.4) is 0 Å². The van der Waals surface area contributed by atoms with Crippen molar-refractivity contribution in [2.24, 2.45) is 5.73 Å². The Balaban J connectivity index is 2.14. The quantitative estimate of drug-likeness (QED) is 0.927. The van der Waals surface area contributed by atoms with E-state index in [0.29, 0.717) is 0 Å². The van der Waals surface area contributed by atoms with Crippen molar-refractivity contribution >= 4 is 0 Å². The minimum Gasteiger partial charge on any atom is -0.490 e. The Bertz CT molecular complexity index is 528. The van der Waals surface area contributed by atoms with E-state index >= 15 is 0 Å². The predicted octanol–water partition coefficient (Wildman–Crippen LogP) is 3.23. The third-order valence-corrected chi connectivity index (χ3v) is 3.54. The van der Waals surface area contributed by atoms with Crippen LogP contribution in [-0.2, 0) is 6.18 Å². The van der Waals surface area contributed by atoms with E-state index in [9.17, 15) is 13.2 Å². The zero-order chi connectivity index (χ0) is 14.8. The van der Waals surface area contributed by atoms with Gasteiger partial charge in [0, 0.05) is 0 Å². The summed E-state index contributed by atoms with van der Waals surface area (Å²) in [7, 11) is 0. The summed E-state index contributed by atoms with van der Waals surface area (Å²) in [4.78, 5) is 0. The third kappa shape index (κ3) is 3.23. The van der Waals surface area contributed by atoms with Gasteiger partial charge in [0.05, 0.1) is 16.7 Å². The van der Waals surface area contributed by atoms with Crippen LogP contribution in [0, 0.1) is 11.3 Å². The fourth-order valence-electron chi connectivity index (χ4n) is 2.36. The molecule has 1 aromatic carbocycles. The maximum atomic E-state index is 12.6. The molecule has 0 aromatic heterocycles. The van der Waals surface area contributed by atoms with Gasteiger partial charge in [0.25, 0.3) is 0 Å². The van der Waals surface area contributed by atoms with Gasteiger partial charge in [-0.15, -0.1) is 0 Å². The largest absolute Gasteiger partial charge is 0.490 e. The molecule has 0 saturated heterocycles. The first-order chi connectivity index (χ1) is 9.34. The van der Waals surface area contributed by atoms with E-state index in [1.807, 2.05) is 0 Å². The number of hydrogen-bond acceptors (Lipinski definition) is 3. The van der Waals surface area contributed by atoms with Gasteiger partial charge in [-0.25, -0.2) is 0 Å². The first kappa shape index (κ1) is 14.7. The molecule has 0 atom stereocenters. The van der Waals surface area contributed by atoms with Gasteiger partial charge in [0.2, 0.25) is 0 Å². The fourth-order valence-corrected chi connectivity index (χ4v) is 2.36. The maximum absolute atomic E-state index is 12.6. The molecule has 1 aliphatic carbocycles. The van der Waals surface area contributed by atoms with Gasteiger partial charge in [-0.05, 0) is 31.0 Å². The molecule has 0 aliphatic heterocycles. The smallest absolute Gasteiger partial charge is 0.416 e. The normalized spacial score (nSPS) is 17.8. The zero-order valence-corrected chi connectivity index (χ0v) is 10.8. The van der Waals surface area contributed by atoms with Crippen molar-refractivity contribution < 1.29 is 17.9 Å². The van der Waals surface area contributed by atoms with Gasteiger partial charge in [-0.1, -0.05) is 12.8 Å². The van der Waals surface area contributed by atoms with Crippen LogP contribution in [0.15, 0.2) is 18.2 Å². The average Bonchev–Trinajstić information content (AvgIpc) is 2.82. The van der Waals surface area contributed by atoms with E-state index in [1.165, 1.54) is 6.07 Å². The molecule has 1 aromatic rings. The highest BCUT2D eigenvalue weighted by Crippen LogP contribution is 2.33. The number of alkyl halides is 3. The number of halogens is 3. The Morgan fingerprint density at radius 3 is 2.50 bits per heavy atom. The van der Waals surface area contributed by atoms with Crippen LogP contribution in [0.2, 0.25) is 0 Å². The Hall–Kier alpha value is -1.74. The molecule has 1 aliphatic rings. The summed E-state index contributed by atoms with van der Waals surface area (Å²) in [5, 5.41) is 8.94. The molecule has 6 heteroatoms. The Morgan fingerprint density at radius 2 is 1.95 bits per heavy atom. The van der Waals surface area contributed by atoms with E-state index in [2.05, 4.69) is 0 Å². The molecule has 3 nitrogen and oxygen atoms in total. The lowest BCUT2D eigenvalue weighted by Crippen LogP contribution is -2.42. The molecule has 0 amide bonds. The zero-order valence-electron chi connectivity index (χ0n) is 10.8. The van der Waals surface area contributed by atoms with Crippen molar-refractivity contribution in [1.29, 1.82) is 5.26 Å². The number of ether oxygens (including phenoxy) is 1. The molecule has 2 rings (SSSR count). The summed E-state index contributed by atoms with van der Waals surface area (Å²) in [5.41, 5.74) is 4.69. The second kappa shape index (κ2) is 5.33. The van der Waals surface area contributed by atoms with Gasteiger partial charge in [-0.2, -0.15) is 18.4 Å². The predicted molar refractivity (Wildman–Crippen MR) is 67.0 cm³/mol. The molecule has 0 bridgehead atoms. The Labute approximate surface area is 115 Å². The monoisotopic (exact) mass is 284 g/mol. The summed E-state index contributed by atoms with van der Waals surface area (Å²) >= 11 is 0. The van der Waals surface area contributed by atoms with Crippen molar-refractivity contribution in [3.05, 3.63) is 29.3 Å². The Kier molecular flexibility index (Phi) is 3.91. The standard InChI is InChI=1S/C14H15F3N2O/c15-14(16,17)11-3-4-12(10(7-11)8-18)20-9-13(19)5-1-2-6-13/h3-4,7H,1-2,5-6,9,19H2. The SMILES string of the molecule is N#Cc1cc(C(F)(F)F)ccc1OCC1(N)CCCC1. The molecule has 2 N–H and O–H groups in total. The number of nitrogens with zero attached hydrogens (tertiary/aromatic N) is 1. The minimum absolute atomic E-state index is 0.124.